The van der Waals surface area contributed by atoms with Gasteiger partial charge in [-0.15, -0.1) is 11.3 Å². The Kier molecular flexibility index (Phi) is 5.29. The van der Waals surface area contributed by atoms with E-state index >= 15 is 0 Å². The van der Waals surface area contributed by atoms with E-state index in [4.69, 9.17) is 16.3 Å². The van der Waals surface area contributed by atoms with Gasteiger partial charge in [0.2, 0.25) is 0 Å². The quantitative estimate of drug-likeness (QED) is 0.880. The van der Waals surface area contributed by atoms with Gasteiger partial charge < -0.3 is 10.1 Å². The molecule has 1 N–H and O–H groups in total. The van der Waals surface area contributed by atoms with Crippen molar-refractivity contribution in [2.24, 2.45) is 0 Å². The van der Waals surface area contributed by atoms with Crippen LogP contribution in [-0.2, 0) is 11.3 Å². The summed E-state index contributed by atoms with van der Waals surface area (Å²) >= 11 is 7.58. The molecule has 0 bridgehead atoms. The van der Waals surface area contributed by atoms with Gasteiger partial charge >= 0.3 is 0 Å². The van der Waals surface area contributed by atoms with Crippen molar-refractivity contribution in [3.8, 4) is 0 Å². The summed E-state index contributed by atoms with van der Waals surface area (Å²) in [4.78, 5) is 1.31. The fourth-order valence-corrected chi connectivity index (χ4v) is 3.32. The van der Waals surface area contributed by atoms with Crippen molar-refractivity contribution in [1.29, 1.82) is 0 Å². The summed E-state index contributed by atoms with van der Waals surface area (Å²) in [6.07, 6.45) is 5.12. The Morgan fingerprint density at radius 1 is 1.53 bits per heavy atom. The van der Waals surface area contributed by atoms with Gasteiger partial charge in [0.25, 0.3) is 0 Å². The zero-order valence-electron chi connectivity index (χ0n) is 10.2. The molecule has 0 saturated carbocycles. The van der Waals surface area contributed by atoms with Crippen LogP contribution in [0.1, 0.15) is 37.5 Å². The first-order valence-corrected chi connectivity index (χ1v) is 7.56. The third-order valence-electron chi connectivity index (χ3n) is 3.17. The molecule has 4 heteroatoms. The van der Waals surface area contributed by atoms with Gasteiger partial charge in [0, 0.05) is 24.1 Å². The highest BCUT2D eigenvalue weighted by molar-refractivity contribution is 7.16. The van der Waals surface area contributed by atoms with Gasteiger partial charge in [-0.25, -0.2) is 0 Å². The molecule has 0 amide bonds. The lowest BCUT2D eigenvalue weighted by Crippen LogP contribution is -2.38. The van der Waals surface area contributed by atoms with E-state index < -0.39 is 0 Å². The van der Waals surface area contributed by atoms with Crippen LogP contribution in [0.4, 0.5) is 0 Å². The second-order valence-corrected chi connectivity index (χ2v) is 6.39. The molecule has 1 aliphatic heterocycles. The van der Waals surface area contributed by atoms with Crippen molar-refractivity contribution in [3.05, 3.63) is 21.3 Å². The first-order chi connectivity index (χ1) is 8.28. The molecule has 0 aromatic carbocycles. The average Bonchev–Trinajstić information content (AvgIpc) is 2.74. The van der Waals surface area contributed by atoms with Crippen LogP contribution >= 0.6 is 22.9 Å². The zero-order valence-corrected chi connectivity index (χ0v) is 11.8. The fraction of sp³-hybridized carbons (Fsp3) is 0.692. The molecule has 0 spiro atoms. The highest BCUT2D eigenvalue weighted by Gasteiger charge is 2.21. The number of rotatable bonds is 5. The van der Waals surface area contributed by atoms with Crippen LogP contribution in [0.2, 0.25) is 4.34 Å². The number of hydrogen-bond donors (Lipinski definition) is 1. The SMILES string of the molecule is CCCC1CC(NCc2ccc(Cl)s2)CCO1. The lowest BCUT2D eigenvalue weighted by atomic mass is 10.0. The van der Waals surface area contributed by atoms with Gasteiger partial charge in [-0.3, -0.25) is 0 Å². The van der Waals surface area contributed by atoms with Crippen molar-refractivity contribution in [3.63, 3.8) is 0 Å². The Balaban J connectivity index is 1.75. The molecule has 2 nitrogen and oxygen atoms in total. The minimum absolute atomic E-state index is 0.457. The molecule has 2 rings (SSSR count). The Bertz CT molecular complexity index is 340. The molecule has 0 radical (unpaired) electrons. The lowest BCUT2D eigenvalue weighted by Gasteiger charge is -2.30. The predicted molar refractivity (Wildman–Crippen MR) is 73.8 cm³/mol. The maximum absolute atomic E-state index is 5.92. The summed E-state index contributed by atoms with van der Waals surface area (Å²) in [5.41, 5.74) is 0. The summed E-state index contributed by atoms with van der Waals surface area (Å²) < 4.78 is 6.62. The average molecular weight is 274 g/mol. The van der Waals surface area contributed by atoms with E-state index in [0.29, 0.717) is 12.1 Å². The molecule has 2 heterocycles. The molecular formula is C13H20ClNOS. The van der Waals surface area contributed by atoms with E-state index in [2.05, 4.69) is 18.3 Å². The highest BCUT2D eigenvalue weighted by Crippen LogP contribution is 2.22. The highest BCUT2D eigenvalue weighted by atomic mass is 35.5. The van der Waals surface area contributed by atoms with E-state index in [1.807, 2.05) is 6.07 Å². The molecule has 2 atom stereocenters. The van der Waals surface area contributed by atoms with E-state index in [1.165, 1.54) is 17.7 Å². The van der Waals surface area contributed by atoms with E-state index in [9.17, 15) is 0 Å². The van der Waals surface area contributed by atoms with Crippen LogP contribution in [0.15, 0.2) is 12.1 Å². The van der Waals surface area contributed by atoms with E-state index in [1.54, 1.807) is 11.3 Å². The second kappa shape index (κ2) is 6.74. The van der Waals surface area contributed by atoms with Gasteiger partial charge in [-0.2, -0.15) is 0 Å². The lowest BCUT2D eigenvalue weighted by molar-refractivity contribution is -0.00338. The molecule has 1 aromatic rings. The number of halogens is 1. The molecule has 1 fully saturated rings. The van der Waals surface area contributed by atoms with Crippen LogP contribution in [0.5, 0.6) is 0 Å². The Morgan fingerprint density at radius 3 is 3.12 bits per heavy atom. The molecule has 2 unspecified atom stereocenters. The Labute approximate surface area is 112 Å². The molecule has 0 aliphatic carbocycles. The Morgan fingerprint density at radius 2 is 2.41 bits per heavy atom. The van der Waals surface area contributed by atoms with Crippen LogP contribution in [0.3, 0.4) is 0 Å². The first-order valence-electron chi connectivity index (χ1n) is 6.37. The maximum atomic E-state index is 5.92. The van der Waals surface area contributed by atoms with E-state index in [-0.39, 0.29) is 0 Å². The summed E-state index contributed by atoms with van der Waals surface area (Å²) in [6.45, 7) is 4.04. The van der Waals surface area contributed by atoms with Gasteiger partial charge in [0.15, 0.2) is 0 Å². The molecule has 96 valence electrons. The van der Waals surface area contributed by atoms with Crippen molar-refractivity contribution < 1.29 is 4.74 Å². The monoisotopic (exact) mass is 273 g/mol. The minimum atomic E-state index is 0.457. The summed E-state index contributed by atoms with van der Waals surface area (Å²) in [6, 6.07) is 4.66. The van der Waals surface area contributed by atoms with Crippen molar-refractivity contribution in [2.75, 3.05) is 6.61 Å². The van der Waals surface area contributed by atoms with Gasteiger partial charge in [0.05, 0.1) is 10.4 Å². The molecule has 1 aromatic heterocycles. The van der Waals surface area contributed by atoms with Crippen LogP contribution in [0.25, 0.3) is 0 Å². The molecule has 17 heavy (non-hydrogen) atoms. The number of hydrogen-bond acceptors (Lipinski definition) is 3. The van der Waals surface area contributed by atoms with Crippen LogP contribution in [0, 0.1) is 0 Å². The Hall–Kier alpha value is -0.0900. The third kappa shape index (κ3) is 4.25. The van der Waals surface area contributed by atoms with Crippen molar-refractivity contribution in [2.45, 2.75) is 51.3 Å². The zero-order chi connectivity index (χ0) is 12.1. The van der Waals surface area contributed by atoms with Gasteiger partial charge in [-0.05, 0) is 31.4 Å². The fourth-order valence-electron chi connectivity index (χ4n) is 2.28. The normalized spacial score (nSPS) is 25.1. The standard InChI is InChI=1S/C13H20ClNOS/c1-2-3-11-8-10(6-7-16-11)15-9-12-4-5-13(14)17-12/h4-5,10-11,15H,2-3,6-9H2,1H3. The number of nitrogens with one attached hydrogen (secondary N) is 1. The second-order valence-electron chi connectivity index (χ2n) is 4.59. The summed E-state index contributed by atoms with van der Waals surface area (Å²) in [7, 11) is 0. The van der Waals surface area contributed by atoms with Crippen molar-refractivity contribution >= 4 is 22.9 Å². The van der Waals surface area contributed by atoms with Crippen molar-refractivity contribution in [1.82, 2.24) is 5.32 Å². The topological polar surface area (TPSA) is 21.3 Å². The first kappa shape index (κ1) is 13.3. The largest absolute Gasteiger partial charge is 0.378 e. The molecular weight excluding hydrogens is 254 g/mol. The number of thiophene rings is 1. The summed E-state index contributed by atoms with van der Waals surface area (Å²) in [5, 5.41) is 3.61. The van der Waals surface area contributed by atoms with Gasteiger partial charge in [0.1, 0.15) is 0 Å². The molecule has 1 saturated heterocycles. The predicted octanol–water partition coefficient (Wildman–Crippen LogP) is 3.84. The van der Waals surface area contributed by atoms with Crippen LogP contribution in [-0.4, -0.2) is 18.8 Å². The maximum Gasteiger partial charge on any atom is 0.0931 e. The van der Waals surface area contributed by atoms with Gasteiger partial charge in [-0.1, -0.05) is 24.9 Å². The third-order valence-corrected chi connectivity index (χ3v) is 4.40. The van der Waals surface area contributed by atoms with Crippen LogP contribution < -0.4 is 5.32 Å². The number of ether oxygens (including phenoxy) is 1. The smallest absolute Gasteiger partial charge is 0.0931 e. The molecule has 1 aliphatic rings. The summed E-state index contributed by atoms with van der Waals surface area (Å²) in [5.74, 6) is 0. The minimum Gasteiger partial charge on any atom is -0.378 e. The van der Waals surface area contributed by atoms with E-state index in [0.717, 1.165) is 30.3 Å².